The van der Waals surface area contributed by atoms with Gasteiger partial charge in [-0.05, 0) is 43.9 Å². The van der Waals surface area contributed by atoms with Crippen molar-refractivity contribution in [1.82, 2.24) is 20.5 Å². The van der Waals surface area contributed by atoms with Crippen molar-refractivity contribution >= 4 is 41.3 Å². The maximum atomic E-state index is 4.47. The minimum absolute atomic E-state index is 0. The third-order valence-electron chi connectivity index (χ3n) is 5.46. The number of halogens is 1. The zero-order valence-corrected chi connectivity index (χ0v) is 20.9. The maximum absolute atomic E-state index is 4.47. The second kappa shape index (κ2) is 12.5. The summed E-state index contributed by atoms with van der Waals surface area (Å²) in [7, 11) is 1.82. The van der Waals surface area contributed by atoms with Gasteiger partial charge in [-0.3, -0.25) is 9.89 Å². The fourth-order valence-corrected chi connectivity index (χ4v) is 4.45. The van der Waals surface area contributed by atoms with Crippen molar-refractivity contribution < 1.29 is 0 Å². The highest BCUT2D eigenvalue weighted by Crippen LogP contribution is 2.20. The van der Waals surface area contributed by atoms with Crippen molar-refractivity contribution in [3.8, 4) is 0 Å². The number of hydrogen-bond acceptors (Lipinski definition) is 4. The summed E-state index contributed by atoms with van der Waals surface area (Å²) in [5, 5.41) is 7.94. The fourth-order valence-electron chi connectivity index (χ4n) is 3.65. The molecule has 0 spiro atoms. The number of piperidine rings is 1. The third kappa shape index (κ3) is 7.22. The summed E-state index contributed by atoms with van der Waals surface area (Å²) in [5.74, 6) is 0.814. The normalized spacial score (nSPS) is 17.6. The van der Waals surface area contributed by atoms with E-state index in [1.54, 1.807) is 11.3 Å². The van der Waals surface area contributed by atoms with Gasteiger partial charge < -0.3 is 10.6 Å². The van der Waals surface area contributed by atoms with E-state index in [4.69, 9.17) is 0 Å². The van der Waals surface area contributed by atoms with Gasteiger partial charge in [0, 0.05) is 37.3 Å². The van der Waals surface area contributed by atoms with Crippen LogP contribution in [0, 0.1) is 0 Å². The van der Waals surface area contributed by atoms with Crippen LogP contribution in [-0.4, -0.2) is 35.5 Å². The summed E-state index contributed by atoms with van der Waals surface area (Å²) >= 11 is 1.76. The molecule has 1 unspecified atom stereocenters. The lowest BCUT2D eigenvalue weighted by Gasteiger charge is -2.33. The van der Waals surface area contributed by atoms with Gasteiger partial charge in [-0.1, -0.05) is 37.6 Å². The molecule has 0 bridgehead atoms. The number of thiazole rings is 1. The summed E-state index contributed by atoms with van der Waals surface area (Å²) in [4.78, 5) is 12.8. The molecule has 7 heteroatoms. The Morgan fingerprint density at radius 2 is 1.97 bits per heavy atom. The van der Waals surface area contributed by atoms with Crippen LogP contribution in [0.5, 0.6) is 0 Å². The summed E-state index contributed by atoms with van der Waals surface area (Å²) in [6, 6.07) is 9.43. The second-order valence-electron chi connectivity index (χ2n) is 7.44. The average molecular weight is 528 g/mol. The van der Waals surface area contributed by atoms with Crippen molar-refractivity contribution in [2.24, 2.45) is 4.99 Å². The quantitative estimate of drug-likeness (QED) is 0.315. The van der Waals surface area contributed by atoms with Crippen LogP contribution >= 0.6 is 35.3 Å². The summed E-state index contributed by atoms with van der Waals surface area (Å²) < 4.78 is 0. The molecule has 1 aromatic carbocycles. The Morgan fingerprint density at radius 1 is 1.21 bits per heavy atom. The van der Waals surface area contributed by atoms with Crippen LogP contribution in [0.25, 0.3) is 0 Å². The van der Waals surface area contributed by atoms with Crippen molar-refractivity contribution in [3.63, 3.8) is 0 Å². The Balaban J connectivity index is 0.00000300. The van der Waals surface area contributed by atoms with E-state index in [1.807, 2.05) is 13.2 Å². The van der Waals surface area contributed by atoms with Crippen LogP contribution < -0.4 is 10.6 Å². The van der Waals surface area contributed by atoms with Crippen molar-refractivity contribution in [1.29, 1.82) is 0 Å². The summed E-state index contributed by atoms with van der Waals surface area (Å²) in [6.45, 7) is 8.23. The minimum Gasteiger partial charge on any atom is -0.352 e. The molecule has 3 rings (SSSR count). The van der Waals surface area contributed by atoms with Crippen LogP contribution in [0.4, 0.5) is 0 Å². The molecule has 2 heterocycles. The molecule has 2 aromatic rings. The van der Waals surface area contributed by atoms with Gasteiger partial charge in [0.25, 0.3) is 0 Å². The Morgan fingerprint density at radius 3 is 2.66 bits per heavy atom. The molecule has 1 aliphatic heterocycles. The van der Waals surface area contributed by atoms with Crippen LogP contribution in [0.3, 0.4) is 0 Å². The number of benzene rings is 1. The standard InChI is InChI=1S/C22H33N5S.HI/c1-4-20-14-24-21(28-20)15-26-22(23-3)25-13-18-10-5-6-11-19(18)16-27-12-8-7-9-17(27)2;/h5-6,10-11,14,17H,4,7-9,12-13,15-16H2,1-3H3,(H2,23,25,26);1H. The molecule has 0 radical (unpaired) electrons. The Kier molecular flexibility index (Phi) is 10.4. The second-order valence-corrected chi connectivity index (χ2v) is 8.64. The highest BCUT2D eigenvalue weighted by atomic mass is 127. The first-order valence-electron chi connectivity index (χ1n) is 10.4. The summed E-state index contributed by atoms with van der Waals surface area (Å²) in [5.41, 5.74) is 2.75. The van der Waals surface area contributed by atoms with E-state index < -0.39 is 0 Å². The van der Waals surface area contributed by atoms with Crippen molar-refractivity contribution in [3.05, 3.63) is 51.5 Å². The van der Waals surface area contributed by atoms with E-state index in [-0.39, 0.29) is 24.0 Å². The molecule has 0 amide bonds. The number of likely N-dealkylation sites (tertiary alicyclic amines) is 1. The van der Waals surface area contributed by atoms with E-state index >= 15 is 0 Å². The monoisotopic (exact) mass is 527 g/mol. The Hall–Kier alpha value is -1.19. The molecule has 5 nitrogen and oxygen atoms in total. The number of nitrogens with one attached hydrogen (secondary N) is 2. The lowest BCUT2D eigenvalue weighted by molar-refractivity contribution is 0.152. The number of aromatic nitrogens is 1. The average Bonchev–Trinajstić information content (AvgIpc) is 3.19. The van der Waals surface area contributed by atoms with Gasteiger partial charge in [-0.2, -0.15) is 0 Å². The first-order chi connectivity index (χ1) is 13.7. The predicted octanol–water partition coefficient (Wildman–Crippen LogP) is 4.56. The number of hydrogen-bond donors (Lipinski definition) is 2. The number of guanidine groups is 1. The van der Waals surface area contributed by atoms with Gasteiger partial charge in [0.2, 0.25) is 0 Å². The third-order valence-corrected chi connectivity index (χ3v) is 6.60. The van der Waals surface area contributed by atoms with E-state index in [0.717, 1.165) is 30.5 Å². The molecule has 1 aliphatic rings. The van der Waals surface area contributed by atoms with Gasteiger partial charge in [-0.25, -0.2) is 4.98 Å². The SMILES string of the molecule is CCc1cnc(CNC(=NC)NCc2ccccc2CN2CCCCC2C)s1.I. The highest BCUT2D eigenvalue weighted by molar-refractivity contribution is 14.0. The zero-order valence-electron chi connectivity index (χ0n) is 17.8. The Bertz CT molecular complexity index is 776. The molecule has 2 N–H and O–H groups in total. The van der Waals surface area contributed by atoms with Crippen molar-refractivity contribution in [2.45, 2.75) is 65.2 Å². The maximum Gasteiger partial charge on any atom is 0.191 e. The topological polar surface area (TPSA) is 52.6 Å². The van der Waals surface area contributed by atoms with E-state index in [9.17, 15) is 0 Å². The van der Waals surface area contributed by atoms with Crippen molar-refractivity contribution in [2.75, 3.05) is 13.6 Å². The molecule has 0 saturated carbocycles. The summed E-state index contributed by atoms with van der Waals surface area (Å²) in [6.07, 6.45) is 7.00. The van der Waals surface area contributed by atoms with Gasteiger partial charge in [0.15, 0.2) is 5.96 Å². The minimum atomic E-state index is 0. The lowest BCUT2D eigenvalue weighted by atomic mass is 10.0. The molecule has 160 valence electrons. The van der Waals surface area contributed by atoms with Crippen LogP contribution in [0.15, 0.2) is 35.5 Å². The van der Waals surface area contributed by atoms with Crippen LogP contribution in [0.2, 0.25) is 0 Å². The molecule has 0 aliphatic carbocycles. The molecule has 29 heavy (non-hydrogen) atoms. The lowest BCUT2D eigenvalue weighted by Crippen LogP contribution is -2.38. The van der Waals surface area contributed by atoms with Gasteiger partial charge in [0.1, 0.15) is 5.01 Å². The first kappa shape index (κ1) is 24.1. The van der Waals surface area contributed by atoms with Gasteiger partial charge in [0.05, 0.1) is 6.54 Å². The van der Waals surface area contributed by atoms with E-state index in [1.165, 1.54) is 41.8 Å². The predicted molar refractivity (Wildman–Crippen MR) is 134 cm³/mol. The first-order valence-corrected chi connectivity index (χ1v) is 11.2. The van der Waals surface area contributed by atoms with Gasteiger partial charge in [-0.15, -0.1) is 35.3 Å². The number of aryl methyl sites for hydroxylation is 1. The molecule has 1 fully saturated rings. The van der Waals surface area contributed by atoms with Gasteiger partial charge >= 0.3 is 0 Å². The largest absolute Gasteiger partial charge is 0.352 e. The number of aliphatic imine (C=N–C) groups is 1. The zero-order chi connectivity index (χ0) is 19.8. The molecular weight excluding hydrogens is 493 g/mol. The van der Waals surface area contributed by atoms with Crippen LogP contribution in [-0.2, 0) is 26.1 Å². The smallest absolute Gasteiger partial charge is 0.191 e. The Labute approximate surface area is 196 Å². The van der Waals surface area contributed by atoms with E-state index in [2.05, 4.69) is 63.6 Å². The van der Waals surface area contributed by atoms with Crippen LogP contribution in [0.1, 0.15) is 54.1 Å². The molecule has 1 aromatic heterocycles. The van der Waals surface area contributed by atoms with E-state index in [0.29, 0.717) is 12.6 Å². The number of rotatable bonds is 7. The molecule has 1 saturated heterocycles. The number of nitrogens with zero attached hydrogens (tertiary/aromatic N) is 3. The molecule has 1 atom stereocenters. The molecular formula is C22H34IN5S. The fraction of sp³-hybridized carbons (Fsp3) is 0.545. The highest BCUT2D eigenvalue weighted by Gasteiger charge is 2.19.